The highest BCUT2D eigenvalue weighted by molar-refractivity contribution is 6.10. The quantitative estimate of drug-likeness (QED) is 0.198. The number of fused-ring (bicyclic) bond motifs is 2. The Bertz CT molecular complexity index is 1090. The molecule has 4 nitrogen and oxygen atoms in total. The Kier molecular flexibility index (Phi) is 10.9. The maximum absolute atomic E-state index is 14.2. The molecule has 0 saturated carbocycles. The zero-order chi connectivity index (χ0) is 28.4. The molecule has 1 spiro atoms. The van der Waals surface area contributed by atoms with Gasteiger partial charge in [0.05, 0.1) is 12.1 Å². The van der Waals surface area contributed by atoms with E-state index in [-0.39, 0.29) is 11.8 Å². The maximum Gasteiger partial charge on any atom is 0.240 e. The number of hydrogen-bond acceptors (Lipinski definition) is 2. The number of carbonyl (C=O) groups is 2. The van der Waals surface area contributed by atoms with Crippen LogP contribution in [0.25, 0.3) is 0 Å². The van der Waals surface area contributed by atoms with Crippen LogP contribution in [0, 0.1) is 0 Å². The molecular formula is C36H52N2O2. The lowest BCUT2D eigenvalue weighted by Crippen LogP contribution is -2.57. The Morgan fingerprint density at radius 1 is 0.750 bits per heavy atom. The van der Waals surface area contributed by atoms with Gasteiger partial charge in [-0.2, -0.15) is 0 Å². The van der Waals surface area contributed by atoms with Gasteiger partial charge in [0, 0.05) is 18.7 Å². The van der Waals surface area contributed by atoms with Crippen molar-refractivity contribution in [3.63, 3.8) is 0 Å². The van der Waals surface area contributed by atoms with Gasteiger partial charge in [0.25, 0.3) is 0 Å². The lowest BCUT2D eigenvalue weighted by molar-refractivity contribution is -0.137. The molecule has 2 aliphatic rings. The number of nitrogens with zero attached hydrogens (tertiary/aromatic N) is 2. The first-order valence-corrected chi connectivity index (χ1v) is 16.2. The zero-order valence-corrected chi connectivity index (χ0v) is 25.4. The second-order valence-electron chi connectivity index (χ2n) is 12.6. The Balaban J connectivity index is 1.26. The van der Waals surface area contributed by atoms with Crippen molar-refractivity contribution in [2.45, 2.75) is 135 Å². The third-order valence-corrected chi connectivity index (χ3v) is 9.67. The van der Waals surface area contributed by atoms with Crippen molar-refractivity contribution in [3.05, 3.63) is 65.7 Å². The Labute approximate surface area is 243 Å². The molecule has 0 bridgehead atoms. The fraction of sp³-hybridized carbons (Fsp3) is 0.611. The summed E-state index contributed by atoms with van der Waals surface area (Å²) in [6.07, 6.45) is 18.2. The summed E-state index contributed by atoms with van der Waals surface area (Å²) in [5, 5.41) is 0. The van der Waals surface area contributed by atoms with Crippen molar-refractivity contribution in [2.24, 2.45) is 0 Å². The van der Waals surface area contributed by atoms with Crippen molar-refractivity contribution in [2.75, 3.05) is 11.4 Å². The van der Waals surface area contributed by atoms with Crippen LogP contribution in [-0.4, -0.2) is 28.8 Å². The largest absolute Gasteiger partial charge is 0.336 e. The summed E-state index contributed by atoms with van der Waals surface area (Å²) in [7, 11) is 0. The van der Waals surface area contributed by atoms with Crippen LogP contribution in [0.4, 0.5) is 5.69 Å². The Hall–Kier alpha value is -2.62. The second kappa shape index (κ2) is 14.3. The summed E-state index contributed by atoms with van der Waals surface area (Å²) in [4.78, 5) is 31.7. The molecule has 1 fully saturated rings. The molecule has 0 N–H and O–H groups in total. The van der Waals surface area contributed by atoms with Gasteiger partial charge in [0.2, 0.25) is 11.8 Å². The third-order valence-electron chi connectivity index (χ3n) is 9.67. The predicted octanol–water partition coefficient (Wildman–Crippen LogP) is 8.96. The molecule has 0 aliphatic carbocycles. The summed E-state index contributed by atoms with van der Waals surface area (Å²) in [6.45, 7) is 7.70. The number of rotatable bonds is 16. The van der Waals surface area contributed by atoms with Gasteiger partial charge < -0.3 is 9.80 Å². The SMILES string of the molecule is CCCCCCCCCCCCCCCC(=O)N1CCC2(C(=O)N(Cc3ccccc3)c3ccccc32)C1(C)C. The molecule has 2 heterocycles. The van der Waals surface area contributed by atoms with Crippen molar-refractivity contribution < 1.29 is 9.59 Å². The van der Waals surface area contributed by atoms with Crippen LogP contribution >= 0.6 is 0 Å². The molecular weight excluding hydrogens is 492 g/mol. The number of carbonyl (C=O) groups excluding carboxylic acids is 2. The van der Waals surface area contributed by atoms with E-state index in [0.29, 0.717) is 25.9 Å². The van der Waals surface area contributed by atoms with Crippen LogP contribution in [-0.2, 0) is 21.5 Å². The fourth-order valence-corrected chi connectivity index (χ4v) is 7.24. The van der Waals surface area contributed by atoms with Gasteiger partial charge in [-0.1, -0.05) is 133 Å². The Morgan fingerprint density at radius 3 is 1.93 bits per heavy atom. The summed E-state index contributed by atoms with van der Waals surface area (Å²) in [5.41, 5.74) is 1.93. The molecule has 2 aromatic rings. The van der Waals surface area contributed by atoms with Crippen molar-refractivity contribution in [1.82, 2.24) is 4.90 Å². The van der Waals surface area contributed by atoms with E-state index in [0.717, 1.165) is 29.7 Å². The van der Waals surface area contributed by atoms with Crippen LogP contribution in [0.2, 0.25) is 0 Å². The molecule has 40 heavy (non-hydrogen) atoms. The number of amides is 2. The van der Waals surface area contributed by atoms with Crippen LogP contribution in [0.15, 0.2) is 54.6 Å². The van der Waals surface area contributed by atoms with Gasteiger partial charge in [0.1, 0.15) is 5.41 Å². The minimum Gasteiger partial charge on any atom is -0.336 e. The van der Waals surface area contributed by atoms with Gasteiger partial charge in [-0.05, 0) is 43.9 Å². The van der Waals surface area contributed by atoms with Gasteiger partial charge in [0.15, 0.2) is 0 Å². The molecule has 218 valence electrons. The van der Waals surface area contributed by atoms with E-state index >= 15 is 0 Å². The van der Waals surface area contributed by atoms with Crippen molar-refractivity contribution in [3.8, 4) is 0 Å². The number of anilines is 1. The molecule has 2 aromatic carbocycles. The first-order chi connectivity index (χ1) is 19.4. The lowest BCUT2D eigenvalue weighted by atomic mass is 9.67. The first-order valence-electron chi connectivity index (χ1n) is 16.2. The van der Waals surface area contributed by atoms with Crippen LogP contribution < -0.4 is 4.90 Å². The third kappa shape index (κ3) is 6.47. The second-order valence-corrected chi connectivity index (χ2v) is 12.6. The minimum atomic E-state index is -0.690. The molecule has 0 aromatic heterocycles. The van der Waals surface area contributed by atoms with Crippen molar-refractivity contribution in [1.29, 1.82) is 0 Å². The number of benzene rings is 2. The summed E-state index contributed by atoms with van der Waals surface area (Å²) < 4.78 is 0. The smallest absolute Gasteiger partial charge is 0.240 e. The first kappa shape index (κ1) is 30.3. The van der Waals surface area contributed by atoms with Gasteiger partial charge in [-0.3, -0.25) is 9.59 Å². The normalized spacial score (nSPS) is 19.5. The molecule has 1 unspecified atom stereocenters. The van der Waals surface area contributed by atoms with Crippen LogP contribution in [0.1, 0.15) is 128 Å². The number of hydrogen-bond donors (Lipinski definition) is 0. The lowest BCUT2D eigenvalue weighted by Gasteiger charge is -2.42. The van der Waals surface area contributed by atoms with E-state index in [1.807, 2.05) is 40.1 Å². The average molecular weight is 545 g/mol. The molecule has 2 amide bonds. The monoisotopic (exact) mass is 544 g/mol. The predicted molar refractivity (Wildman–Crippen MR) is 166 cm³/mol. The summed E-state index contributed by atoms with van der Waals surface area (Å²) in [5.74, 6) is 0.343. The molecule has 4 heteroatoms. The zero-order valence-electron chi connectivity index (χ0n) is 25.4. The van der Waals surface area contributed by atoms with Gasteiger partial charge in [-0.25, -0.2) is 0 Å². The van der Waals surface area contributed by atoms with Gasteiger partial charge in [-0.15, -0.1) is 0 Å². The van der Waals surface area contributed by atoms with Gasteiger partial charge >= 0.3 is 0 Å². The maximum atomic E-state index is 14.2. The van der Waals surface area contributed by atoms with Crippen LogP contribution in [0.5, 0.6) is 0 Å². The summed E-state index contributed by atoms with van der Waals surface area (Å²) >= 11 is 0. The highest BCUT2D eigenvalue weighted by atomic mass is 16.2. The van der Waals surface area contributed by atoms with Crippen LogP contribution in [0.3, 0.4) is 0 Å². The molecule has 2 aliphatic heterocycles. The standard InChI is InChI=1S/C36H52N2O2/c1-4-5-6-7-8-9-10-11-12-13-14-15-19-26-33(39)38-28-27-36(35(38,2)3)31-24-20-21-25-32(31)37(34(36)40)29-30-22-17-16-18-23-30/h16-18,20-25H,4-15,19,26-29H2,1-3H3. The molecule has 1 saturated heterocycles. The van der Waals surface area contributed by atoms with E-state index < -0.39 is 11.0 Å². The number of unbranched alkanes of at least 4 members (excludes halogenated alkanes) is 12. The number of para-hydroxylation sites is 1. The van der Waals surface area contributed by atoms with E-state index in [2.05, 4.69) is 45.0 Å². The fourth-order valence-electron chi connectivity index (χ4n) is 7.24. The van der Waals surface area contributed by atoms with E-state index in [9.17, 15) is 9.59 Å². The highest BCUT2D eigenvalue weighted by Crippen LogP contribution is 2.56. The van der Waals surface area contributed by atoms with Crippen molar-refractivity contribution >= 4 is 17.5 Å². The topological polar surface area (TPSA) is 40.6 Å². The Morgan fingerprint density at radius 2 is 1.30 bits per heavy atom. The van der Waals surface area contributed by atoms with E-state index in [4.69, 9.17) is 0 Å². The summed E-state index contributed by atoms with van der Waals surface area (Å²) in [6, 6.07) is 18.4. The van der Waals surface area contributed by atoms with E-state index in [1.165, 1.54) is 70.6 Å². The highest BCUT2D eigenvalue weighted by Gasteiger charge is 2.65. The minimum absolute atomic E-state index is 0.138. The molecule has 1 atom stereocenters. The van der Waals surface area contributed by atoms with E-state index in [1.54, 1.807) is 0 Å². The average Bonchev–Trinajstić information content (AvgIpc) is 3.38. The molecule has 4 rings (SSSR count). The molecule has 0 radical (unpaired) electrons. The number of likely N-dealkylation sites (tertiary alicyclic amines) is 1.